The minimum absolute atomic E-state index is 0.146. The van der Waals surface area contributed by atoms with E-state index in [1.165, 1.54) is 18.9 Å². The highest BCUT2D eigenvalue weighted by molar-refractivity contribution is 8.00. The molecule has 0 aromatic heterocycles. The summed E-state index contributed by atoms with van der Waals surface area (Å²) in [5.74, 6) is -0.606. The normalized spacial score (nSPS) is 9.89. The van der Waals surface area contributed by atoms with Crippen molar-refractivity contribution in [2.24, 2.45) is 0 Å². The maximum atomic E-state index is 11.5. The molecule has 0 saturated carbocycles. The number of nitrogens with two attached hydrogens (primary N) is 1. The van der Waals surface area contributed by atoms with Gasteiger partial charge < -0.3 is 15.2 Å². The number of rotatable bonds is 5. The molecule has 2 N–H and O–H groups in total. The zero-order chi connectivity index (χ0) is 13.5. The largest absolute Gasteiger partial charge is 0.468 e. The first-order chi connectivity index (χ1) is 8.58. The lowest BCUT2D eigenvalue weighted by Crippen LogP contribution is -2.06. The minimum atomic E-state index is -0.405. The standard InChI is InChI=1S/C12H15NO4S/c1-3-17-12(15)8-4-5-9(13)10(6-8)18-7-11(14)16-2/h4-6H,3,7,13H2,1-2H3. The Hall–Kier alpha value is -1.69. The van der Waals surface area contributed by atoms with Gasteiger partial charge in [-0.25, -0.2) is 4.79 Å². The molecular formula is C12H15NO4S. The Bertz CT molecular complexity index is 448. The van der Waals surface area contributed by atoms with Gasteiger partial charge in [0.15, 0.2) is 0 Å². The van der Waals surface area contributed by atoms with E-state index < -0.39 is 5.97 Å². The molecule has 0 atom stereocenters. The molecule has 0 amide bonds. The number of thioether (sulfide) groups is 1. The second-order valence-corrected chi connectivity index (χ2v) is 4.36. The van der Waals surface area contributed by atoms with Crippen LogP contribution in [0.4, 0.5) is 5.69 Å². The van der Waals surface area contributed by atoms with E-state index in [1.54, 1.807) is 25.1 Å². The quantitative estimate of drug-likeness (QED) is 0.498. The number of carbonyl (C=O) groups excluding carboxylic acids is 2. The highest BCUT2D eigenvalue weighted by Gasteiger charge is 2.11. The molecule has 0 aliphatic rings. The number of benzene rings is 1. The molecule has 5 nitrogen and oxygen atoms in total. The van der Waals surface area contributed by atoms with Gasteiger partial charge in [-0.3, -0.25) is 4.79 Å². The van der Waals surface area contributed by atoms with E-state index in [1.807, 2.05) is 0 Å². The van der Waals surface area contributed by atoms with Gasteiger partial charge in [-0.05, 0) is 25.1 Å². The Labute approximate surface area is 110 Å². The van der Waals surface area contributed by atoms with Gasteiger partial charge >= 0.3 is 11.9 Å². The fourth-order valence-corrected chi connectivity index (χ4v) is 2.03. The molecule has 1 aromatic rings. The molecule has 0 spiro atoms. The molecule has 6 heteroatoms. The molecule has 0 heterocycles. The molecule has 1 rings (SSSR count). The Balaban J connectivity index is 2.81. The van der Waals surface area contributed by atoms with Crippen LogP contribution in [0.3, 0.4) is 0 Å². The maximum Gasteiger partial charge on any atom is 0.338 e. The molecule has 0 bridgehead atoms. The molecule has 0 saturated heterocycles. The first-order valence-corrected chi connectivity index (χ1v) is 6.33. The predicted molar refractivity (Wildman–Crippen MR) is 69.6 cm³/mol. The summed E-state index contributed by atoms with van der Waals surface area (Å²) in [7, 11) is 1.32. The Kier molecular flexibility index (Phi) is 5.51. The van der Waals surface area contributed by atoms with Crippen LogP contribution in [0.5, 0.6) is 0 Å². The van der Waals surface area contributed by atoms with E-state index in [4.69, 9.17) is 10.5 Å². The summed E-state index contributed by atoms with van der Waals surface area (Å²) in [5, 5.41) is 0. The molecule has 1 aromatic carbocycles. The molecule has 0 fully saturated rings. The number of methoxy groups -OCH3 is 1. The first-order valence-electron chi connectivity index (χ1n) is 5.34. The van der Waals surface area contributed by atoms with Crippen molar-refractivity contribution in [2.45, 2.75) is 11.8 Å². The summed E-state index contributed by atoms with van der Waals surface area (Å²) in [6.07, 6.45) is 0. The molecule has 18 heavy (non-hydrogen) atoms. The second-order valence-electron chi connectivity index (χ2n) is 3.34. The van der Waals surface area contributed by atoms with Gasteiger partial charge in [-0.1, -0.05) is 0 Å². The average Bonchev–Trinajstić information content (AvgIpc) is 2.37. The van der Waals surface area contributed by atoms with Gasteiger partial charge in [0.05, 0.1) is 25.0 Å². The average molecular weight is 269 g/mol. The maximum absolute atomic E-state index is 11.5. The summed E-state index contributed by atoms with van der Waals surface area (Å²) < 4.78 is 9.42. The Morgan fingerprint density at radius 3 is 2.72 bits per heavy atom. The van der Waals surface area contributed by atoms with Crippen molar-refractivity contribution in [1.29, 1.82) is 0 Å². The lowest BCUT2D eigenvalue weighted by atomic mass is 10.2. The SMILES string of the molecule is CCOC(=O)c1ccc(N)c(SCC(=O)OC)c1. The highest BCUT2D eigenvalue weighted by atomic mass is 32.2. The van der Waals surface area contributed by atoms with E-state index in [0.29, 0.717) is 22.8 Å². The predicted octanol–water partition coefficient (Wildman–Crippen LogP) is 1.71. The topological polar surface area (TPSA) is 78.6 Å². The molecule has 0 radical (unpaired) electrons. The third-order valence-electron chi connectivity index (χ3n) is 2.10. The number of carbonyl (C=O) groups is 2. The van der Waals surface area contributed by atoms with Gasteiger partial charge in [0, 0.05) is 10.6 Å². The first kappa shape index (κ1) is 14.4. The van der Waals surface area contributed by atoms with E-state index >= 15 is 0 Å². The van der Waals surface area contributed by atoms with Crippen LogP contribution in [0.15, 0.2) is 23.1 Å². The third-order valence-corrected chi connectivity index (χ3v) is 3.14. The Morgan fingerprint density at radius 1 is 1.39 bits per heavy atom. The molecule has 0 aliphatic heterocycles. The van der Waals surface area contributed by atoms with Crippen molar-refractivity contribution in [3.63, 3.8) is 0 Å². The molecular weight excluding hydrogens is 254 g/mol. The lowest BCUT2D eigenvalue weighted by Gasteiger charge is -2.07. The number of hydrogen-bond acceptors (Lipinski definition) is 6. The van der Waals surface area contributed by atoms with Crippen molar-refractivity contribution < 1.29 is 19.1 Å². The number of esters is 2. The second kappa shape index (κ2) is 6.90. The van der Waals surface area contributed by atoms with Crippen LogP contribution < -0.4 is 5.73 Å². The van der Waals surface area contributed by atoms with Gasteiger partial charge in [0.1, 0.15) is 0 Å². The Morgan fingerprint density at radius 2 is 2.11 bits per heavy atom. The monoisotopic (exact) mass is 269 g/mol. The van der Waals surface area contributed by atoms with Gasteiger partial charge in [0.25, 0.3) is 0 Å². The van der Waals surface area contributed by atoms with Crippen LogP contribution in [0, 0.1) is 0 Å². The van der Waals surface area contributed by atoms with Crippen LogP contribution >= 0.6 is 11.8 Å². The van der Waals surface area contributed by atoms with Crippen molar-refractivity contribution in [3.05, 3.63) is 23.8 Å². The fraction of sp³-hybridized carbons (Fsp3) is 0.333. The molecule has 0 unspecified atom stereocenters. The summed E-state index contributed by atoms with van der Waals surface area (Å²) in [5.41, 5.74) is 6.69. The summed E-state index contributed by atoms with van der Waals surface area (Å²) >= 11 is 1.22. The lowest BCUT2D eigenvalue weighted by molar-refractivity contribution is -0.137. The van der Waals surface area contributed by atoms with Crippen LogP contribution in [0.2, 0.25) is 0 Å². The third kappa shape index (κ3) is 3.96. The van der Waals surface area contributed by atoms with Gasteiger partial charge in [-0.2, -0.15) is 0 Å². The zero-order valence-electron chi connectivity index (χ0n) is 10.3. The molecule has 0 aliphatic carbocycles. The van der Waals surface area contributed by atoms with E-state index in [9.17, 15) is 9.59 Å². The van der Waals surface area contributed by atoms with E-state index in [2.05, 4.69) is 4.74 Å². The van der Waals surface area contributed by atoms with Gasteiger partial charge in [0.2, 0.25) is 0 Å². The van der Waals surface area contributed by atoms with Gasteiger partial charge in [-0.15, -0.1) is 11.8 Å². The van der Waals surface area contributed by atoms with Crippen molar-refractivity contribution >= 4 is 29.4 Å². The zero-order valence-corrected chi connectivity index (χ0v) is 11.1. The summed E-state index contributed by atoms with van der Waals surface area (Å²) in [4.78, 5) is 23.2. The number of hydrogen-bond donors (Lipinski definition) is 1. The number of anilines is 1. The van der Waals surface area contributed by atoms with E-state index in [0.717, 1.165) is 0 Å². The number of ether oxygens (including phenoxy) is 2. The van der Waals surface area contributed by atoms with Crippen LogP contribution in [-0.4, -0.2) is 31.4 Å². The summed E-state index contributed by atoms with van der Waals surface area (Å²) in [6.45, 7) is 2.05. The molecule has 98 valence electrons. The minimum Gasteiger partial charge on any atom is -0.468 e. The van der Waals surface area contributed by atoms with Crippen molar-refractivity contribution in [2.75, 3.05) is 25.2 Å². The highest BCUT2D eigenvalue weighted by Crippen LogP contribution is 2.26. The van der Waals surface area contributed by atoms with Crippen molar-refractivity contribution in [3.8, 4) is 0 Å². The number of nitrogen functional groups attached to an aromatic ring is 1. The summed E-state index contributed by atoms with van der Waals surface area (Å²) in [6, 6.07) is 4.82. The fourth-order valence-electron chi connectivity index (χ4n) is 1.20. The van der Waals surface area contributed by atoms with Crippen LogP contribution in [0.25, 0.3) is 0 Å². The van der Waals surface area contributed by atoms with Crippen LogP contribution in [-0.2, 0) is 14.3 Å². The van der Waals surface area contributed by atoms with E-state index in [-0.39, 0.29) is 11.7 Å². The van der Waals surface area contributed by atoms with Crippen LogP contribution in [0.1, 0.15) is 17.3 Å². The van der Waals surface area contributed by atoms with Crippen molar-refractivity contribution in [1.82, 2.24) is 0 Å². The smallest absolute Gasteiger partial charge is 0.338 e.